The molecule has 1 aliphatic rings. The van der Waals surface area contributed by atoms with E-state index in [9.17, 15) is 14.6 Å². The van der Waals surface area contributed by atoms with Crippen LogP contribution in [0, 0.1) is 11.3 Å². The number of benzene rings is 4. The Morgan fingerprint density at radius 3 is 2.02 bits per heavy atom. The first-order valence-corrected chi connectivity index (χ1v) is 24.8. The molecule has 0 saturated carbocycles. The summed E-state index contributed by atoms with van der Waals surface area (Å²) in [5.74, 6) is 1.17. The molecule has 1 saturated heterocycles. The van der Waals surface area contributed by atoms with Gasteiger partial charge in [0.05, 0.1) is 39.6 Å². The minimum Gasteiger partial charge on any atom is -0.497 e. The highest BCUT2D eigenvalue weighted by molar-refractivity contribution is 7.33. The summed E-state index contributed by atoms with van der Waals surface area (Å²) in [6.45, 7) is 10.3. The van der Waals surface area contributed by atoms with Gasteiger partial charge in [-0.15, -0.1) is 9.05 Å². The summed E-state index contributed by atoms with van der Waals surface area (Å²) in [5.41, 5.74) is 2.26. The SMILES string of the molecule is COc1ccc(C(OC[C@H]2O[C@@H](n3cnc4c(NC(=O)c5ccccc5)ncnc43)[C@H](O[Si](C)(C)C(C)(C)C)[C@@H]2O[P+](=O)OCCC#N)(c2ccccc2)c2ccc(OC)cc2)cc1. The van der Waals surface area contributed by atoms with Crippen LogP contribution in [0.1, 0.15) is 60.5 Å². The third-order valence-electron chi connectivity index (χ3n) is 11.7. The summed E-state index contributed by atoms with van der Waals surface area (Å²) in [4.78, 5) is 26.9. The number of hydrogen-bond acceptors (Lipinski definition) is 13. The summed E-state index contributed by atoms with van der Waals surface area (Å²) in [6.07, 6.45) is -0.992. The van der Waals surface area contributed by atoms with Crippen LogP contribution in [0.25, 0.3) is 11.2 Å². The van der Waals surface area contributed by atoms with Crippen molar-refractivity contribution >= 4 is 39.5 Å². The predicted molar refractivity (Wildman–Crippen MR) is 243 cm³/mol. The van der Waals surface area contributed by atoms with Crippen LogP contribution in [0.3, 0.4) is 0 Å². The first-order chi connectivity index (χ1) is 30.8. The van der Waals surface area contributed by atoms with E-state index >= 15 is 0 Å². The lowest BCUT2D eigenvalue weighted by atomic mass is 9.80. The van der Waals surface area contributed by atoms with E-state index in [0.717, 1.165) is 16.7 Å². The van der Waals surface area contributed by atoms with E-state index in [1.807, 2.05) is 91.0 Å². The lowest BCUT2D eigenvalue weighted by Crippen LogP contribution is -2.49. The minimum atomic E-state index is -2.78. The molecule has 7 rings (SSSR count). The molecule has 1 unspecified atom stereocenters. The number of nitrogens with zero attached hydrogens (tertiary/aromatic N) is 5. The van der Waals surface area contributed by atoms with Crippen molar-refractivity contribution in [1.29, 1.82) is 5.26 Å². The number of amides is 1. The van der Waals surface area contributed by atoms with Crippen molar-refractivity contribution in [1.82, 2.24) is 19.5 Å². The second-order valence-electron chi connectivity index (χ2n) is 16.6. The quantitative estimate of drug-likeness (QED) is 0.0374. The van der Waals surface area contributed by atoms with Crippen molar-refractivity contribution in [3.05, 3.63) is 144 Å². The highest BCUT2D eigenvalue weighted by Crippen LogP contribution is 2.48. The summed E-state index contributed by atoms with van der Waals surface area (Å²) in [7, 11) is -2.24. The molecule has 0 radical (unpaired) electrons. The number of imidazole rings is 1. The van der Waals surface area contributed by atoms with Gasteiger partial charge in [0.1, 0.15) is 42.2 Å². The van der Waals surface area contributed by atoms with Crippen molar-refractivity contribution in [3.63, 3.8) is 0 Å². The molecule has 2 aromatic heterocycles. The van der Waals surface area contributed by atoms with E-state index in [2.05, 4.69) is 54.1 Å². The number of carbonyl (C=O) groups excluding carboxylic acids is 1. The Bertz CT molecular complexity index is 2520. The Morgan fingerprint density at radius 1 is 0.844 bits per heavy atom. The number of nitrogens with one attached hydrogen (secondary N) is 1. The zero-order chi connectivity index (χ0) is 45.5. The molecular formula is C47H52N6O9PSi+. The summed E-state index contributed by atoms with van der Waals surface area (Å²) in [5, 5.41) is 11.8. The monoisotopic (exact) mass is 903 g/mol. The Labute approximate surface area is 374 Å². The molecule has 0 spiro atoms. The van der Waals surface area contributed by atoms with Gasteiger partial charge in [0.15, 0.2) is 37.6 Å². The fourth-order valence-corrected chi connectivity index (χ4v) is 9.35. The van der Waals surface area contributed by atoms with Crippen LogP contribution in [0.5, 0.6) is 11.5 Å². The van der Waals surface area contributed by atoms with Gasteiger partial charge in [-0.05, 0) is 71.2 Å². The van der Waals surface area contributed by atoms with E-state index < -0.39 is 46.7 Å². The predicted octanol–water partition coefficient (Wildman–Crippen LogP) is 9.37. The number of anilines is 1. The van der Waals surface area contributed by atoms with Crippen LogP contribution in [0.2, 0.25) is 18.1 Å². The van der Waals surface area contributed by atoms with Crippen LogP contribution in [-0.4, -0.2) is 79.5 Å². The highest BCUT2D eigenvalue weighted by atomic mass is 31.1. The van der Waals surface area contributed by atoms with Crippen LogP contribution in [-0.2, 0) is 33.1 Å². The van der Waals surface area contributed by atoms with E-state index in [1.165, 1.54) is 6.33 Å². The lowest BCUT2D eigenvalue weighted by molar-refractivity contribution is -0.0922. The smallest absolute Gasteiger partial charge is 0.497 e. The molecule has 4 aromatic carbocycles. The van der Waals surface area contributed by atoms with Crippen molar-refractivity contribution in [2.24, 2.45) is 0 Å². The second kappa shape index (κ2) is 19.9. The van der Waals surface area contributed by atoms with Gasteiger partial charge in [-0.25, -0.2) is 15.0 Å². The lowest BCUT2D eigenvalue weighted by Gasteiger charge is -2.40. The number of rotatable bonds is 18. The molecule has 0 aliphatic carbocycles. The molecular weight excluding hydrogens is 852 g/mol. The summed E-state index contributed by atoms with van der Waals surface area (Å²) < 4.78 is 60.0. The van der Waals surface area contributed by atoms with Gasteiger partial charge in [0.2, 0.25) is 0 Å². The van der Waals surface area contributed by atoms with E-state index in [4.69, 9.17) is 32.4 Å². The Morgan fingerprint density at radius 2 is 1.44 bits per heavy atom. The molecule has 1 fully saturated rings. The van der Waals surface area contributed by atoms with Gasteiger partial charge in [-0.2, -0.15) is 5.26 Å². The van der Waals surface area contributed by atoms with Crippen LogP contribution < -0.4 is 14.8 Å². The normalized spacial score (nSPS) is 18.1. The second-order valence-corrected chi connectivity index (χ2v) is 22.3. The Balaban J connectivity index is 1.35. The highest BCUT2D eigenvalue weighted by Gasteiger charge is 2.56. The van der Waals surface area contributed by atoms with Crippen LogP contribution >= 0.6 is 8.25 Å². The molecule has 332 valence electrons. The third kappa shape index (κ3) is 9.76. The van der Waals surface area contributed by atoms with Crippen LogP contribution in [0.4, 0.5) is 5.82 Å². The molecule has 6 aromatic rings. The number of carbonyl (C=O) groups is 1. The van der Waals surface area contributed by atoms with Crippen molar-refractivity contribution < 1.29 is 41.8 Å². The van der Waals surface area contributed by atoms with Gasteiger partial charge >= 0.3 is 8.25 Å². The van der Waals surface area contributed by atoms with Gasteiger partial charge in [-0.1, -0.05) is 93.6 Å². The molecule has 1 N–H and O–H groups in total. The van der Waals surface area contributed by atoms with E-state index in [0.29, 0.717) is 28.2 Å². The first-order valence-electron chi connectivity index (χ1n) is 20.8. The average Bonchev–Trinajstić information content (AvgIpc) is 3.88. The van der Waals surface area contributed by atoms with E-state index in [1.54, 1.807) is 49.4 Å². The van der Waals surface area contributed by atoms with Crippen molar-refractivity contribution in [2.45, 2.75) is 75.5 Å². The number of aromatic nitrogens is 4. The number of nitriles is 1. The molecule has 1 aliphatic heterocycles. The third-order valence-corrected chi connectivity index (χ3v) is 17.0. The molecule has 1 amide bonds. The van der Waals surface area contributed by atoms with Crippen molar-refractivity contribution in [3.8, 4) is 17.6 Å². The Hall–Kier alpha value is -5.89. The zero-order valence-electron chi connectivity index (χ0n) is 36.8. The Kier molecular flexibility index (Phi) is 14.3. The number of fused-ring (bicyclic) bond motifs is 1. The summed E-state index contributed by atoms with van der Waals surface area (Å²) >= 11 is 0. The fourth-order valence-electron chi connectivity index (χ4n) is 7.31. The minimum absolute atomic E-state index is 0.0118. The number of ether oxygens (including phenoxy) is 4. The van der Waals surface area contributed by atoms with E-state index in [-0.39, 0.29) is 36.4 Å². The maximum atomic E-state index is 13.7. The zero-order valence-corrected chi connectivity index (χ0v) is 38.7. The van der Waals surface area contributed by atoms with Gasteiger partial charge in [0, 0.05) is 10.1 Å². The van der Waals surface area contributed by atoms with Crippen LogP contribution in [0.15, 0.2) is 122 Å². The molecule has 3 heterocycles. The molecule has 0 bridgehead atoms. The molecule has 15 nitrogen and oxygen atoms in total. The van der Waals surface area contributed by atoms with Crippen molar-refractivity contribution in [2.75, 3.05) is 32.8 Å². The topological polar surface area (TPSA) is 178 Å². The molecule has 64 heavy (non-hydrogen) atoms. The van der Waals surface area contributed by atoms with Gasteiger partial charge in [-0.3, -0.25) is 9.36 Å². The first kappa shape index (κ1) is 46.1. The molecule has 17 heteroatoms. The average molecular weight is 904 g/mol. The summed E-state index contributed by atoms with van der Waals surface area (Å²) in [6, 6.07) is 36.0. The van der Waals surface area contributed by atoms with Gasteiger partial charge in [0.25, 0.3) is 5.91 Å². The largest absolute Gasteiger partial charge is 0.697 e. The standard InChI is InChI=1S/C47H51N6O9PSi/c1-46(2,3)64(6,7)62-41-40(61-63(55)59-28-14-27-48)38(60-45(41)53-31-51-39-42(49-30-50-43(39)53)52-44(54)32-15-10-8-11-16-32)29-58-47(33-17-12-9-13-18-33,34-19-23-36(56-4)24-20-34)35-21-25-37(57-5)26-22-35/h8-13,15-26,30-31,38,40-41,45H,14,28-29H2,1-7H3/p+1/t38-,40-,41-,45-/m1/s1. The molecule has 5 atom stereocenters. The van der Waals surface area contributed by atoms with Gasteiger partial charge < -0.3 is 28.7 Å². The number of methoxy groups -OCH3 is 2. The fraction of sp³-hybridized carbons (Fsp3) is 0.340. The number of hydrogen-bond donors (Lipinski definition) is 1. The maximum Gasteiger partial charge on any atom is 0.697 e. The maximum absolute atomic E-state index is 13.7.